The molecule has 122 valence electrons. The zero-order valence-corrected chi connectivity index (χ0v) is 13.6. The molecule has 0 bridgehead atoms. The molecular weight excluding hydrogens is 318 g/mol. The summed E-state index contributed by atoms with van der Waals surface area (Å²) in [6, 6.07) is 6.33. The van der Waals surface area contributed by atoms with E-state index < -0.39 is 15.9 Å². The first kappa shape index (κ1) is 15.7. The van der Waals surface area contributed by atoms with E-state index in [1.165, 1.54) is 13.1 Å². The van der Waals surface area contributed by atoms with Crippen molar-refractivity contribution >= 4 is 21.6 Å². The maximum absolute atomic E-state index is 12.2. The highest BCUT2D eigenvalue weighted by molar-refractivity contribution is 7.89. The number of aryl methyl sites for hydroxylation is 1. The van der Waals surface area contributed by atoms with Gasteiger partial charge in [-0.1, -0.05) is 11.2 Å². The molecule has 0 unspecified atom stereocenters. The highest BCUT2D eigenvalue weighted by Gasteiger charge is 2.29. The van der Waals surface area contributed by atoms with Crippen LogP contribution in [0.3, 0.4) is 0 Å². The highest BCUT2D eigenvalue weighted by Crippen LogP contribution is 2.40. The molecule has 1 heterocycles. The van der Waals surface area contributed by atoms with Gasteiger partial charge in [0.25, 0.3) is 5.91 Å². The van der Waals surface area contributed by atoms with Gasteiger partial charge in [-0.25, -0.2) is 13.1 Å². The molecule has 0 aliphatic heterocycles. The van der Waals surface area contributed by atoms with Crippen molar-refractivity contribution in [3.8, 4) is 0 Å². The smallest absolute Gasteiger partial charge is 0.277 e. The summed E-state index contributed by atoms with van der Waals surface area (Å²) in [6.45, 7) is 1.69. The number of nitrogens with one attached hydrogen (secondary N) is 2. The number of hydrogen-bond donors (Lipinski definition) is 2. The maximum Gasteiger partial charge on any atom is 0.277 e. The summed E-state index contributed by atoms with van der Waals surface area (Å²) in [6.07, 6.45) is 2.11. The van der Waals surface area contributed by atoms with E-state index in [9.17, 15) is 13.2 Å². The maximum atomic E-state index is 12.2. The molecule has 2 aromatic rings. The van der Waals surface area contributed by atoms with Gasteiger partial charge in [0, 0.05) is 17.7 Å². The van der Waals surface area contributed by atoms with Crippen LogP contribution in [0.4, 0.5) is 5.69 Å². The van der Waals surface area contributed by atoms with Crippen molar-refractivity contribution < 1.29 is 17.7 Å². The van der Waals surface area contributed by atoms with E-state index in [0.29, 0.717) is 17.2 Å². The first-order valence-electron chi connectivity index (χ1n) is 7.23. The number of hydrogen-bond acceptors (Lipinski definition) is 5. The van der Waals surface area contributed by atoms with Crippen molar-refractivity contribution in [3.05, 3.63) is 41.3 Å². The fourth-order valence-corrected chi connectivity index (χ4v) is 3.22. The number of carbonyl (C=O) groups excluding carboxylic acids is 1. The summed E-state index contributed by atoms with van der Waals surface area (Å²) in [5.41, 5.74) is 1.16. The molecule has 1 amide bonds. The van der Waals surface area contributed by atoms with E-state index >= 15 is 0 Å². The molecule has 3 rings (SSSR count). The molecule has 1 saturated carbocycles. The third-order valence-corrected chi connectivity index (χ3v) is 5.30. The SMILES string of the molecule is CNS(=O)(=O)c1cc(NC(=O)c2cc(C3CC3)on2)ccc1C. The Kier molecular flexibility index (Phi) is 3.95. The molecule has 1 aromatic heterocycles. The van der Waals surface area contributed by atoms with Crippen LogP contribution < -0.4 is 10.0 Å². The molecule has 0 spiro atoms. The van der Waals surface area contributed by atoms with E-state index in [0.717, 1.165) is 18.6 Å². The number of aromatic nitrogens is 1. The largest absolute Gasteiger partial charge is 0.360 e. The minimum Gasteiger partial charge on any atom is -0.360 e. The minimum absolute atomic E-state index is 0.122. The summed E-state index contributed by atoms with van der Waals surface area (Å²) in [7, 11) is -2.24. The van der Waals surface area contributed by atoms with Crippen molar-refractivity contribution in [1.29, 1.82) is 0 Å². The number of carbonyl (C=O) groups is 1. The molecule has 0 radical (unpaired) electrons. The molecule has 1 fully saturated rings. The van der Waals surface area contributed by atoms with E-state index in [1.54, 1.807) is 25.1 Å². The van der Waals surface area contributed by atoms with Gasteiger partial charge in [-0.2, -0.15) is 0 Å². The van der Waals surface area contributed by atoms with E-state index in [4.69, 9.17) is 4.52 Å². The van der Waals surface area contributed by atoms with Crippen LogP contribution >= 0.6 is 0 Å². The second-order valence-electron chi connectivity index (χ2n) is 5.53. The molecule has 8 heteroatoms. The number of amides is 1. The number of benzene rings is 1. The van der Waals surface area contributed by atoms with Crippen LogP contribution in [0, 0.1) is 6.92 Å². The normalized spacial score (nSPS) is 14.7. The van der Waals surface area contributed by atoms with Crippen molar-refractivity contribution in [2.24, 2.45) is 0 Å². The van der Waals surface area contributed by atoms with Gasteiger partial charge in [-0.15, -0.1) is 0 Å². The molecule has 0 atom stereocenters. The lowest BCUT2D eigenvalue weighted by Gasteiger charge is -2.09. The van der Waals surface area contributed by atoms with Gasteiger partial charge in [0.05, 0.1) is 4.90 Å². The van der Waals surface area contributed by atoms with Crippen molar-refractivity contribution in [1.82, 2.24) is 9.88 Å². The topological polar surface area (TPSA) is 101 Å². The van der Waals surface area contributed by atoms with E-state index in [2.05, 4.69) is 15.2 Å². The van der Waals surface area contributed by atoms with Crippen LogP contribution in [0.2, 0.25) is 0 Å². The average Bonchev–Trinajstić information content (AvgIpc) is 3.26. The standard InChI is InChI=1S/C15H17N3O4S/c1-9-3-6-11(7-14(9)23(20,21)16-2)17-15(19)12-8-13(22-18-12)10-4-5-10/h3,6-8,10,16H,4-5H2,1-2H3,(H,17,19). The molecule has 1 aromatic carbocycles. The van der Waals surface area contributed by atoms with Gasteiger partial charge < -0.3 is 9.84 Å². The predicted octanol–water partition coefficient (Wildman–Crippen LogP) is 2.02. The van der Waals surface area contributed by atoms with Crippen LogP contribution in [0.15, 0.2) is 33.7 Å². The Bertz CT molecular complexity index is 853. The highest BCUT2D eigenvalue weighted by atomic mass is 32.2. The minimum atomic E-state index is -3.59. The first-order valence-corrected chi connectivity index (χ1v) is 8.71. The van der Waals surface area contributed by atoms with Crippen LogP contribution in [-0.4, -0.2) is 26.5 Å². The van der Waals surface area contributed by atoms with Gasteiger partial charge in [0.1, 0.15) is 5.76 Å². The predicted molar refractivity (Wildman–Crippen MR) is 83.9 cm³/mol. The van der Waals surface area contributed by atoms with Crippen molar-refractivity contribution in [3.63, 3.8) is 0 Å². The summed E-state index contributed by atoms with van der Waals surface area (Å²) in [4.78, 5) is 12.3. The van der Waals surface area contributed by atoms with Crippen LogP contribution in [0.1, 0.15) is 40.6 Å². The van der Waals surface area contributed by atoms with Gasteiger partial charge in [-0.05, 0) is 44.5 Å². The zero-order chi connectivity index (χ0) is 16.6. The third kappa shape index (κ3) is 3.27. The van der Waals surface area contributed by atoms with Crippen LogP contribution in [0.5, 0.6) is 0 Å². The second kappa shape index (κ2) is 5.78. The average molecular weight is 335 g/mol. The third-order valence-electron chi connectivity index (χ3n) is 3.74. The molecule has 1 aliphatic carbocycles. The summed E-state index contributed by atoms with van der Waals surface area (Å²) in [5, 5.41) is 6.40. The summed E-state index contributed by atoms with van der Waals surface area (Å²) < 4.78 is 31.3. The van der Waals surface area contributed by atoms with Crippen molar-refractivity contribution in [2.45, 2.75) is 30.6 Å². The van der Waals surface area contributed by atoms with Gasteiger partial charge in [-0.3, -0.25) is 4.79 Å². The Labute approximate surface area is 134 Å². The second-order valence-corrected chi connectivity index (χ2v) is 7.39. The molecule has 0 saturated heterocycles. The Balaban J connectivity index is 1.81. The number of rotatable bonds is 5. The fraction of sp³-hybridized carbons (Fsp3) is 0.333. The van der Waals surface area contributed by atoms with Crippen molar-refractivity contribution in [2.75, 3.05) is 12.4 Å². The summed E-state index contributed by atoms with van der Waals surface area (Å²) in [5.74, 6) is 0.658. The number of nitrogens with zero attached hydrogens (tertiary/aromatic N) is 1. The molecule has 1 aliphatic rings. The zero-order valence-electron chi connectivity index (χ0n) is 12.8. The lowest BCUT2D eigenvalue weighted by molar-refractivity contribution is 0.101. The monoisotopic (exact) mass is 335 g/mol. The molecular formula is C15H17N3O4S. The first-order chi connectivity index (χ1) is 10.9. The van der Waals surface area contributed by atoms with Gasteiger partial charge in [0.15, 0.2) is 5.69 Å². The number of anilines is 1. The molecule has 7 nitrogen and oxygen atoms in total. The molecule has 2 N–H and O–H groups in total. The summed E-state index contributed by atoms with van der Waals surface area (Å²) >= 11 is 0. The van der Waals surface area contributed by atoms with Crippen LogP contribution in [-0.2, 0) is 10.0 Å². The van der Waals surface area contributed by atoms with Gasteiger partial charge >= 0.3 is 0 Å². The number of sulfonamides is 1. The Morgan fingerprint density at radius 2 is 2.04 bits per heavy atom. The van der Waals surface area contributed by atoms with Gasteiger partial charge in [0.2, 0.25) is 10.0 Å². The lowest BCUT2D eigenvalue weighted by Crippen LogP contribution is -2.20. The van der Waals surface area contributed by atoms with Crippen LogP contribution in [0.25, 0.3) is 0 Å². The fourth-order valence-electron chi connectivity index (χ4n) is 2.23. The Morgan fingerprint density at radius 3 is 2.70 bits per heavy atom. The quantitative estimate of drug-likeness (QED) is 0.870. The van der Waals surface area contributed by atoms with E-state index in [1.807, 2.05) is 0 Å². The Hall–Kier alpha value is -2.19. The Morgan fingerprint density at radius 1 is 1.30 bits per heavy atom. The van der Waals surface area contributed by atoms with E-state index in [-0.39, 0.29) is 10.6 Å². The lowest BCUT2D eigenvalue weighted by atomic mass is 10.2. The molecule has 23 heavy (non-hydrogen) atoms.